The van der Waals surface area contributed by atoms with Crippen molar-refractivity contribution in [2.45, 2.75) is 32.0 Å². The number of hydrogen-bond acceptors (Lipinski definition) is 2. The third-order valence-electron chi connectivity index (χ3n) is 3.57. The zero-order valence-corrected chi connectivity index (χ0v) is 11.5. The van der Waals surface area contributed by atoms with E-state index in [1.54, 1.807) is 18.2 Å². The highest BCUT2D eigenvalue weighted by Gasteiger charge is 2.32. The van der Waals surface area contributed by atoms with Gasteiger partial charge in [-0.05, 0) is 35.2 Å². The molecule has 2 rings (SSSR count). The van der Waals surface area contributed by atoms with Crippen LogP contribution in [0.5, 0.6) is 0 Å². The summed E-state index contributed by atoms with van der Waals surface area (Å²) in [4.78, 5) is 0. The Hall–Kier alpha value is -1.71. The van der Waals surface area contributed by atoms with Crippen molar-refractivity contribution in [1.29, 1.82) is 0 Å². The first-order valence-corrected chi connectivity index (χ1v) is 6.79. The summed E-state index contributed by atoms with van der Waals surface area (Å²) >= 11 is 0. The van der Waals surface area contributed by atoms with Crippen molar-refractivity contribution >= 4 is 0 Å². The quantitative estimate of drug-likeness (QED) is 0.877. The van der Waals surface area contributed by atoms with Crippen LogP contribution in [0.25, 0.3) is 0 Å². The Morgan fingerprint density at radius 1 is 1.05 bits per heavy atom. The molecule has 2 aromatic rings. The smallest absolute Gasteiger partial charge is 0.123 e. The van der Waals surface area contributed by atoms with Crippen molar-refractivity contribution in [2.75, 3.05) is 0 Å². The Morgan fingerprint density at radius 2 is 1.70 bits per heavy atom. The zero-order chi connectivity index (χ0) is 14.6. The summed E-state index contributed by atoms with van der Waals surface area (Å²) < 4.78 is 13.1. The largest absolute Gasteiger partial charge is 0.392 e. The van der Waals surface area contributed by atoms with Crippen LogP contribution in [0.4, 0.5) is 4.39 Å². The van der Waals surface area contributed by atoms with Crippen molar-refractivity contribution < 1.29 is 14.6 Å². The second kappa shape index (κ2) is 6.16. The summed E-state index contributed by atoms with van der Waals surface area (Å²) in [5, 5.41) is 20.6. The monoisotopic (exact) mass is 274 g/mol. The lowest BCUT2D eigenvalue weighted by Gasteiger charge is -2.31. The van der Waals surface area contributed by atoms with Crippen molar-refractivity contribution in [3.8, 4) is 0 Å². The lowest BCUT2D eigenvalue weighted by molar-refractivity contribution is 0.0677. The van der Waals surface area contributed by atoms with Crippen LogP contribution in [-0.4, -0.2) is 10.2 Å². The lowest BCUT2D eigenvalue weighted by atomic mass is 9.80. The van der Waals surface area contributed by atoms with Crippen molar-refractivity contribution in [3.05, 3.63) is 71.0 Å². The van der Waals surface area contributed by atoms with Crippen molar-refractivity contribution in [3.63, 3.8) is 0 Å². The topological polar surface area (TPSA) is 40.5 Å². The van der Waals surface area contributed by atoms with Gasteiger partial charge >= 0.3 is 0 Å². The molecule has 0 aliphatic carbocycles. The van der Waals surface area contributed by atoms with Gasteiger partial charge in [0.1, 0.15) is 11.4 Å². The predicted molar refractivity (Wildman–Crippen MR) is 76.7 cm³/mol. The maximum absolute atomic E-state index is 13.1. The maximum Gasteiger partial charge on any atom is 0.123 e. The molecule has 0 aromatic heterocycles. The van der Waals surface area contributed by atoms with Gasteiger partial charge in [0.25, 0.3) is 0 Å². The first-order chi connectivity index (χ1) is 9.61. The van der Waals surface area contributed by atoms with Gasteiger partial charge in [0.05, 0.1) is 6.61 Å². The van der Waals surface area contributed by atoms with Gasteiger partial charge in [-0.25, -0.2) is 4.39 Å². The maximum atomic E-state index is 13.1. The summed E-state index contributed by atoms with van der Waals surface area (Å²) in [6, 6.07) is 13.1. The van der Waals surface area contributed by atoms with Gasteiger partial charge in [0.2, 0.25) is 0 Å². The summed E-state index contributed by atoms with van der Waals surface area (Å²) in [5.41, 5.74) is 0.798. The Morgan fingerprint density at radius 3 is 2.30 bits per heavy atom. The average molecular weight is 274 g/mol. The normalized spacial score (nSPS) is 14.0. The van der Waals surface area contributed by atoms with E-state index in [1.165, 1.54) is 12.1 Å². The molecule has 0 spiro atoms. The Kier molecular flexibility index (Phi) is 4.53. The molecular formula is C17H19FO2. The molecule has 2 nitrogen and oxygen atoms in total. The first-order valence-electron chi connectivity index (χ1n) is 6.79. The summed E-state index contributed by atoms with van der Waals surface area (Å²) in [6.07, 6.45) is 1.28. The van der Waals surface area contributed by atoms with Gasteiger partial charge in [-0.1, -0.05) is 49.7 Å². The van der Waals surface area contributed by atoms with Crippen molar-refractivity contribution in [2.24, 2.45) is 0 Å². The van der Waals surface area contributed by atoms with Gasteiger partial charge in [0.15, 0.2) is 0 Å². The van der Waals surface area contributed by atoms with Crippen LogP contribution in [0.1, 0.15) is 36.5 Å². The number of aliphatic hydroxyl groups is 2. The number of halogens is 1. The highest BCUT2D eigenvalue weighted by Crippen LogP contribution is 2.36. The standard InChI is InChI=1S/C17H19FO2/c1-2-11-17(20,14-7-9-15(18)10-8-14)16-6-4-3-5-13(16)12-19/h3-10,19-20H,2,11-12H2,1H3. The molecule has 1 unspecified atom stereocenters. The number of benzene rings is 2. The molecule has 106 valence electrons. The highest BCUT2D eigenvalue weighted by atomic mass is 19.1. The van der Waals surface area contributed by atoms with E-state index >= 15 is 0 Å². The van der Waals surface area contributed by atoms with Gasteiger partial charge in [-0.3, -0.25) is 0 Å². The molecule has 0 radical (unpaired) electrons. The van der Waals surface area contributed by atoms with E-state index in [2.05, 4.69) is 0 Å². The van der Waals surface area contributed by atoms with E-state index in [-0.39, 0.29) is 12.4 Å². The Bertz CT molecular complexity index is 565. The van der Waals surface area contributed by atoms with E-state index < -0.39 is 5.60 Å². The van der Waals surface area contributed by atoms with Crippen LogP contribution in [0, 0.1) is 5.82 Å². The molecule has 1 atom stereocenters. The number of rotatable bonds is 5. The molecule has 0 saturated carbocycles. The number of aliphatic hydroxyl groups excluding tert-OH is 1. The van der Waals surface area contributed by atoms with Crippen molar-refractivity contribution in [1.82, 2.24) is 0 Å². The van der Waals surface area contributed by atoms with Gasteiger partial charge in [-0.2, -0.15) is 0 Å². The molecule has 0 bridgehead atoms. The Balaban J connectivity index is 2.56. The highest BCUT2D eigenvalue weighted by molar-refractivity contribution is 5.40. The fourth-order valence-corrected chi connectivity index (χ4v) is 2.58. The molecule has 20 heavy (non-hydrogen) atoms. The van der Waals surface area contributed by atoms with Gasteiger partial charge in [0, 0.05) is 0 Å². The molecule has 2 N–H and O–H groups in total. The molecule has 0 fully saturated rings. The molecule has 3 heteroatoms. The van der Waals surface area contributed by atoms with Gasteiger partial charge in [-0.15, -0.1) is 0 Å². The minimum absolute atomic E-state index is 0.136. The second-order valence-electron chi connectivity index (χ2n) is 4.93. The average Bonchev–Trinajstić information content (AvgIpc) is 2.48. The summed E-state index contributed by atoms with van der Waals surface area (Å²) in [7, 11) is 0. The fourth-order valence-electron chi connectivity index (χ4n) is 2.58. The number of hydrogen-bond donors (Lipinski definition) is 2. The van der Waals surface area contributed by atoms with Crippen LogP contribution in [0.2, 0.25) is 0 Å². The molecule has 0 heterocycles. The summed E-state index contributed by atoms with van der Waals surface area (Å²) in [5.74, 6) is -0.331. The predicted octanol–water partition coefficient (Wildman–Crippen LogP) is 3.35. The van der Waals surface area contributed by atoms with E-state index in [4.69, 9.17) is 0 Å². The Labute approximate surface area is 118 Å². The van der Waals surface area contributed by atoms with Crippen LogP contribution in [0.3, 0.4) is 0 Å². The molecule has 2 aromatic carbocycles. The SMILES string of the molecule is CCCC(O)(c1ccc(F)cc1)c1ccccc1CO. The minimum Gasteiger partial charge on any atom is -0.392 e. The zero-order valence-electron chi connectivity index (χ0n) is 11.5. The van der Waals surface area contributed by atoms with Crippen LogP contribution < -0.4 is 0 Å². The molecule has 0 aliphatic heterocycles. The van der Waals surface area contributed by atoms with Crippen LogP contribution in [0.15, 0.2) is 48.5 Å². The van der Waals surface area contributed by atoms with Crippen LogP contribution in [-0.2, 0) is 12.2 Å². The van der Waals surface area contributed by atoms with Gasteiger partial charge < -0.3 is 10.2 Å². The second-order valence-corrected chi connectivity index (χ2v) is 4.93. The van der Waals surface area contributed by atoms with E-state index in [9.17, 15) is 14.6 Å². The third kappa shape index (κ3) is 2.74. The van der Waals surface area contributed by atoms with E-state index in [0.717, 1.165) is 6.42 Å². The molecular weight excluding hydrogens is 255 g/mol. The molecule has 0 aliphatic rings. The van der Waals surface area contributed by atoms with E-state index in [0.29, 0.717) is 23.1 Å². The minimum atomic E-state index is -1.21. The molecule has 0 saturated heterocycles. The first kappa shape index (κ1) is 14.7. The summed E-state index contributed by atoms with van der Waals surface area (Å²) in [6.45, 7) is 1.85. The van der Waals surface area contributed by atoms with E-state index in [1.807, 2.05) is 25.1 Å². The fraction of sp³-hybridized carbons (Fsp3) is 0.294. The lowest BCUT2D eigenvalue weighted by Crippen LogP contribution is -2.28. The molecule has 0 amide bonds. The third-order valence-corrected chi connectivity index (χ3v) is 3.57. The van der Waals surface area contributed by atoms with Crippen LogP contribution >= 0.6 is 0 Å².